The number of nitrogens with zero attached hydrogens (tertiary/aromatic N) is 2. The number of pyridine rings is 1. The molecule has 1 aromatic rings. The van der Waals surface area contributed by atoms with Crippen LogP contribution in [0.5, 0.6) is 0 Å². The summed E-state index contributed by atoms with van der Waals surface area (Å²) in [5.74, 6) is -1.72. The van der Waals surface area contributed by atoms with Crippen LogP contribution in [0, 0.1) is 5.92 Å². The lowest BCUT2D eigenvalue weighted by Gasteiger charge is -2.45. The van der Waals surface area contributed by atoms with Crippen molar-refractivity contribution in [2.45, 2.75) is 6.04 Å². The SMILES string of the molecule is Clc1cc(N2C[C@H]3CNC[C@H]32)cnc1Cl.O=C(O)C=CC(=O)O. The average Bonchev–Trinajstić information content (AvgIpc) is 2.82. The Kier molecular flexibility index (Phi) is 5.81. The van der Waals surface area contributed by atoms with Gasteiger partial charge in [-0.25, -0.2) is 14.6 Å². The van der Waals surface area contributed by atoms with Crippen LogP contribution in [0.2, 0.25) is 10.2 Å². The summed E-state index contributed by atoms with van der Waals surface area (Å²) >= 11 is 11.7. The molecule has 9 heteroatoms. The lowest BCUT2D eigenvalue weighted by atomic mass is 9.91. The van der Waals surface area contributed by atoms with Crippen LogP contribution in [0.3, 0.4) is 0 Å². The minimum Gasteiger partial charge on any atom is -0.478 e. The molecule has 0 amide bonds. The predicted octanol–water partition coefficient (Wildman–Crippen LogP) is 1.51. The number of nitrogens with one attached hydrogen (secondary N) is 1. The number of aliphatic carboxylic acids is 2. The van der Waals surface area contributed by atoms with E-state index in [2.05, 4.69) is 15.2 Å². The van der Waals surface area contributed by atoms with Crippen molar-refractivity contribution in [3.05, 3.63) is 34.6 Å². The molecule has 0 spiro atoms. The summed E-state index contributed by atoms with van der Waals surface area (Å²) < 4.78 is 0. The molecule has 2 saturated heterocycles. The van der Waals surface area contributed by atoms with Gasteiger partial charge >= 0.3 is 11.9 Å². The molecule has 2 fully saturated rings. The summed E-state index contributed by atoms with van der Waals surface area (Å²) in [7, 11) is 0. The van der Waals surface area contributed by atoms with Gasteiger partial charge in [0, 0.05) is 43.7 Å². The molecule has 2 aliphatic rings. The maximum Gasteiger partial charge on any atom is 0.328 e. The predicted molar refractivity (Wildman–Crippen MR) is 86.2 cm³/mol. The molecule has 3 N–H and O–H groups in total. The van der Waals surface area contributed by atoms with Crippen LogP contribution in [-0.2, 0) is 9.59 Å². The van der Waals surface area contributed by atoms with Crippen molar-refractivity contribution in [2.24, 2.45) is 5.92 Å². The largest absolute Gasteiger partial charge is 0.478 e. The third-order valence-corrected chi connectivity index (χ3v) is 4.30. The highest BCUT2D eigenvalue weighted by Crippen LogP contribution is 2.35. The fourth-order valence-corrected chi connectivity index (χ4v) is 2.79. The number of halogens is 2. The number of rotatable bonds is 3. The van der Waals surface area contributed by atoms with Crippen molar-refractivity contribution in [1.29, 1.82) is 0 Å². The van der Waals surface area contributed by atoms with Gasteiger partial charge in [0.25, 0.3) is 0 Å². The molecule has 0 bridgehead atoms. The normalized spacial score (nSPS) is 22.1. The van der Waals surface area contributed by atoms with Gasteiger partial charge in [0.15, 0.2) is 0 Å². The standard InChI is InChI=1S/C10H11Cl2N3.C4H4O4/c11-8-1-7(3-14-10(8)12)15-5-6-2-13-4-9(6)15;5-3(6)1-2-4(7)8/h1,3,6,9,13H,2,4-5H2;1-2H,(H,5,6)(H,7,8)/t6-,9-;/m1./s1. The van der Waals surface area contributed by atoms with Crippen molar-refractivity contribution >= 4 is 40.8 Å². The molecule has 3 heterocycles. The van der Waals surface area contributed by atoms with Gasteiger partial charge in [0.2, 0.25) is 0 Å². The van der Waals surface area contributed by atoms with Crippen LogP contribution in [0.1, 0.15) is 0 Å². The molecule has 0 aromatic carbocycles. The Morgan fingerprint density at radius 3 is 2.43 bits per heavy atom. The van der Waals surface area contributed by atoms with E-state index in [4.69, 9.17) is 33.4 Å². The third kappa shape index (κ3) is 4.57. The van der Waals surface area contributed by atoms with Crippen molar-refractivity contribution in [3.63, 3.8) is 0 Å². The van der Waals surface area contributed by atoms with E-state index in [9.17, 15) is 9.59 Å². The number of aromatic nitrogens is 1. The molecule has 0 radical (unpaired) electrons. The minimum atomic E-state index is -1.26. The van der Waals surface area contributed by atoms with E-state index in [0.29, 0.717) is 28.4 Å². The number of hydrogen-bond donors (Lipinski definition) is 3. The molecule has 124 valence electrons. The molecule has 2 aliphatic heterocycles. The first-order valence-corrected chi connectivity index (χ1v) is 7.56. The first kappa shape index (κ1) is 17.5. The Morgan fingerprint density at radius 2 is 1.91 bits per heavy atom. The summed E-state index contributed by atoms with van der Waals surface area (Å²) in [4.78, 5) is 25.5. The topological polar surface area (TPSA) is 103 Å². The number of anilines is 1. The second kappa shape index (κ2) is 7.63. The number of carboxylic acid groups (broad SMARTS) is 2. The first-order valence-electron chi connectivity index (χ1n) is 6.81. The Hall–Kier alpha value is -1.83. The highest BCUT2D eigenvalue weighted by Gasteiger charge is 2.42. The maximum atomic E-state index is 9.55. The number of carbonyl (C=O) groups is 2. The summed E-state index contributed by atoms with van der Waals surface area (Å²) in [5, 5.41) is 19.9. The number of carboxylic acids is 2. The Labute approximate surface area is 142 Å². The van der Waals surface area contributed by atoms with Gasteiger partial charge in [0.1, 0.15) is 5.15 Å². The van der Waals surface area contributed by atoms with Crippen molar-refractivity contribution in [1.82, 2.24) is 10.3 Å². The van der Waals surface area contributed by atoms with Crippen molar-refractivity contribution in [2.75, 3.05) is 24.5 Å². The van der Waals surface area contributed by atoms with E-state index in [1.165, 1.54) is 0 Å². The van der Waals surface area contributed by atoms with Crippen LogP contribution in [0.4, 0.5) is 5.69 Å². The fourth-order valence-electron chi connectivity index (χ4n) is 2.53. The van der Waals surface area contributed by atoms with E-state index >= 15 is 0 Å². The molecular formula is C14H15Cl2N3O4. The Morgan fingerprint density at radius 1 is 1.26 bits per heavy atom. The molecule has 23 heavy (non-hydrogen) atoms. The smallest absolute Gasteiger partial charge is 0.328 e. The second-order valence-electron chi connectivity index (χ2n) is 5.11. The van der Waals surface area contributed by atoms with Gasteiger partial charge < -0.3 is 20.4 Å². The number of fused-ring (bicyclic) bond motifs is 1. The van der Waals surface area contributed by atoms with Crippen LogP contribution >= 0.6 is 23.2 Å². The van der Waals surface area contributed by atoms with Gasteiger partial charge in [-0.05, 0) is 6.07 Å². The molecule has 0 saturated carbocycles. The fraction of sp³-hybridized carbons (Fsp3) is 0.357. The summed E-state index contributed by atoms with van der Waals surface area (Å²) in [5.41, 5.74) is 1.08. The third-order valence-electron chi connectivity index (χ3n) is 3.62. The molecule has 0 unspecified atom stereocenters. The van der Waals surface area contributed by atoms with Crippen LogP contribution < -0.4 is 10.2 Å². The van der Waals surface area contributed by atoms with Crippen LogP contribution in [-0.4, -0.2) is 52.8 Å². The highest BCUT2D eigenvalue weighted by molar-refractivity contribution is 6.41. The van der Waals surface area contributed by atoms with E-state index in [1.54, 1.807) is 6.20 Å². The van der Waals surface area contributed by atoms with Gasteiger partial charge in [0.05, 0.1) is 16.9 Å². The summed E-state index contributed by atoms with van der Waals surface area (Å²) in [6, 6.07) is 2.51. The van der Waals surface area contributed by atoms with E-state index in [1.807, 2.05) is 6.07 Å². The molecular weight excluding hydrogens is 345 g/mol. The first-order chi connectivity index (χ1) is 10.9. The quantitative estimate of drug-likeness (QED) is 0.555. The lowest BCUT2D eigenvalue weighted by Crippen LogP contribution is -2.55. The Bertz CT molecular complexity index is 622. The molecule has 0 aliphatic carbocycles. The molecule has 2 atom stereocenters. The number of hydrogen-bond acceptors (Lipinski definition) is 5. The van der Waals surface area contributed by atoms with Crippen LogP contribution in [0.15, 0.2) is 24.4 Å². The summed E-state index contributed by atoms with van der Waals surface area (Å²) in [6.45, 7) is 3.29. The monoisotopic (exact) mass is 359 g/mol. The van der Waals surface area contributed by atoms with Crippen molar-refractivity contribution < 1.29 is 19.8 Å². The van der Waals surface area contributed by atoms with E-state index in [0.717, 1.165) is 31.2 Å². The molecule has 3 rings (SSSR count). The zero-order chi connectivity index (χ0) is 17.0. The van der Waals surface area contributed by atoms with Gasteiger partial charge in [-0.1, -0.05) is 23.2 Å². The Balaban J connectivity index is 0.000000207. The van der Waals surface area contributed by atoms with Gasteiger partial charge in [-0.15, -0.1) is 0 Å². The zero-order valence-corrected chi connectivity index (χ0v) is 13.5. The van der Waals surface area contributed by atoms with Gasteiger partial charge in [-0.2, -0.15) is 0 Å². The van der Waals surface area contributed by atoms with Crippen LogP contribution in [0.25, 0.3) is 0 Å². The lowest BCUT2D eigenvalue weighted by molar-refractivity contribution is -0.134. The second-order valence-corrected chi connectivity index (χ2v) is 5.88. The van der Waals surface area contributed by atoms with Crippen molar-refractivity contribution in [3.8, 4) is 0 Å². The zero-order valence-electron chi connectivity index (χ0n) is 11.9. The maximum absolute atomic E-state index is 9.55. The molecule has 1 aromatic heterocycles. The van der Waals surface area contributed by atoms with Gasteiger partial charge in [-0.3, -0.25) is 0 Å². The minimum absolute atomic E-state index is 0.377. The highest BCUT2D eigenvalue weighted by atomic mass is 35.5. The van der Waals surface area contributed by atoms with E-state index in [-0.39, 0.29) is 0 Å². The van der Waals surface area contributed by atoms with E-state index < -0.39 is 11.9 Å². The summed E-state index contributed by atoms with van der Waals surface area (Å²) in [6.07, 6.45) is 2.91. The average molecular weight is 360 g/mol. The molecule has 7 nitrogen and oxygen atoms in total.